The summed E-state index contributed by atoms with van der Waals surface area (Å²) in [7, 11) is 0. The van der Waals surface area contributed by atoms with Gasteiger partial charge in [-0.05, 0) is 68.4 Å². The Morgan fingerprint density at radius 3 is 2.79 bits per heavy atom. The highest BCUT2D eigenvalue weighted by Crippen LogP contribution is 2.34. The molecule has 0 spiro atoms. The maximum atomic E-state index is 12.7. The molecule has 168 valence electrons. The SMILES string of the molecule is O=C1Nc2ccccc2C1=Cc1ccc(-c2ccc(Cl)c(C(=O)NCCN3CCCC3)c2)o1. The Bertz CT molecular complexity index is 1240. The number of benzene rings is 2. The van der Waals surface area contributed by atoms with Crippen molar-refractivity contribution in [2.45, 2.75) is 12.8 Å². The fourth-order valence-corrected chi connectivity index (χ4v) is 4.49. The molecule has 6 nitrogen and oxygen atoms in total. The van der Waals surface area contributed by atoms with Gasteiger partial charge in [0.15, 0.2) is 0 Å². The van der Waals surface area contributed by atoms with Gasteiger partial charge in [0.25, 0.3) is 11.8 Å². The molecular weight excluding hydrogens is 438 g/mol. The Balaban J connectivity index is 1.32. The molecule has 2 aromatic carbocycles. The summed E-state index contributed by atoms with van der Waals surface area (Å²) in [5, 5.41) is 6.21. The fraction of sp³-hybridized carbons (Fsp3) is 0.231. The van der Waals surface area contributed by atoms with Crippen LogP contribution in [0.25, 0.3) is 23.0 Å². The number of hydrogen-bond donors (Lipinski definition) is 2. The van der Waals surface area contributed by atoms with Crippen LogP contribution in [0.2, 0.25) is 5.02 Å². The van der Waals surface area contributed by atoms with Crippen molar-refractivity contribution in [3.05, 3.63) is 76.5 Å². The van der Waals surface area contributed by atoms with E-state index in [0.717, 1.165) is 36.4 Å². The number of carbonyl (C=O) groups is 2. The number of para-hydroxylation sites is 1. The molecule has 0 aliphatic carbocycles. The van der Waals surface area contributed by atoms with Crippen LogP contribution >= 0.6 is 11.6 Å². The zero-order valence-electron chi connectivity index (χ0n) is 18.1. The van der Waals surface area contributed by atoms with Crippen LogP contribution < -0.4 is 10.6 Å². The summed E-state index contributed by atoms with van der Waals surface area (Å²) in [5.41, 5.74) is 3.35. The lowest BCUT2D eigenvalue weighted by atomic mass is 10.1. The summed E-state index contributed by atoms with van der Waals surface area (Å²) in [5.74, 6) is 0.789. The van der Waals surface area contributed by atoms with E-state index in [1.165, 1.54) is 12.8 Å². The molecule has 2 aliphatic heterocycles. The third kappa shape index (κ3) is 4.58. The smallest absolute Gasteiger partial charge is 0.256 e. The maximum Gasteiger partial charge on any atom is 0.256 e. The maximum absolute atomic E-state index is 12.7. The summed E-state index contributed by atoms with van der Waals surface area (Å²) >= 11 is 6.31. The van der Waals surface area contributed by atoms with Crippen molar-refractivity contribution >= 4 is 40.8 Å². The van der Waals surface area contributed by atoms with E-state index >= 15 is 0 Å². The number of nitrogens with zero attached hydrogens (tertiary/aromatic N) is 1. The van der Waals surface area contributed by atoms with Crippen molar-refractivity contribution in [3.8, 4) is 11.3 Å². The molecule has 1 aromatic heterocycles. The molecule has 2 N–H and O–H groups in total. The third-order valence-corrected chi connectivity index (χ3v) is 6.36. The van der Waals surface area contributed by atoms with E-state index in [4.69, 9.17) is 16.0 Å². The Morgan fingerprint density at radius 2 is 1.94 bits per heavy atom. The Labute approximate surface area is 197 Å². The number of halogens is 1. The summed E-state index contributed by atoms with van der Waals surface area (Å²) in [6.07, 6.45) is 4.17. The van der Waals surface area contributed by atoms with E-state index in [1.54, 1.807) is 24.3 Å². The molecular formula is C26H24ClN3O3. The number of hydrogen-bond acceptors (Lipinski definition) is 4. The molecule has 33 heavy (non-hydrogen) atoms. The van der Waals surface area contributed by atoms with Crippen molar-refractivity contribution in [3.63, 3.8) is 0 Å². The first-order valence-corrected chi connectivity index (χ1v) is 11.5. The van der Waals surface area contributed by atoms with E-state index in [9.17, 15) is 9.59 Å². The lowest BCUT2D eigenvalue weighted by molar-refractivity contribution is -0.110. The second-order valence-electron chi connectivity index (χ2n) is 8.26. The van der Waals surface area contributed by atoms with Gasteiger partial charge in [0.1, 0.15) is 11.5 Å². The largest absolute Gasteiger partial charge is 0.457 e. The van der Waals surface area contributed by atoms with Crippen LogP contribution in [0, 0.1) is 0 Å². The number of carbonyl (C=O) groups excluding carboxylic acids is 2. The molecule has 0 atom stereocenters. The topological polar surface area (TPSA) is 74.6 Å². The number of anilines is 1. The minimum absolute atomic E-state index is 0.159. The van der Waals surface area contributed by atoms with Gasteiger partial charge in [0.2, 0.25) is 0 Å². The molecule has 2 aliphatic rings. The minimum atomic E-state index is -0.200. The van der Waals surface area contributed by atoms with Crippen LogP contribution in [0.4, 0.5) is 5.69 Å². The second kappa shape index (κ2) is 9.25. The van der Waals surface area contributed by atoms with Crippen LogP contribution in [0.15, 0.2) is 59.0 Å². The van der Waals surface area contributed by atoms with Gasteiger partial charge >= 0.3 is 0 Å². The van der Waals surface area contributed by atoms with Crippen molar-refractivity contribution in [2.75, 3.05) is 31.5 Å². The number of fused-ring (bicyclic) bond motifs is 1. The lowest BCUT2D eigenvalue weighted by Gasteiger charge is -2.15. The Kier molecular flexibility index (Phi) is 6.03. The van der Waals surface area contributed by atoms with Crippen LogP contribution in [0.3, 0.4) is 0 Å². The highest BCUT2D eigenvalue weighted by Gasteiger charge is 2.24. The molecule has 3 aromatic rings. The Morgan fingerprint density at radius 1 is 1.12 bits per heavy atom. The van der Waals surface area contributed by atoms with Gasteiger partial charge in [-0.15, -0.1) is 0 Å². The summed E-state index contributed by atoms with van der Waals surface area (Å²) in [4.78, 5) is 27.4. The van der Waals surface area contributed by atoms with Crippen LogP contribution in [0.1, 0.15) is 34.5 Å². The predicted octanol–water partition coefficient (Wildman–Crippen LogP) is 4.92. The van der Waals surface area contributed by atoms with Gasteiger partial charge in [0.05, 0.1) is 16.2 Å². The summed E-state index contributed by atoms with van der Waals surface area (Å²) < 4.78 is 5.98. The van der Waals surface area contributed by atoms with Gasteiger partial charge in [-0.3, -0.25) is 9.59 Å². The van der Waals surface area contributed by atoms with Crippen molar-refractivity contribution < 1.29 is 14.0 Å². The van der Waals surface area contributed by atoms with Crippen LogP contribution in [-0.2, 0) is 4.79 Å². The molecule has 0 bridgehead atoms. The standard InChI is InChI=1S/C26H24ClN3O3/c27-22-9-7-17(15-21(22)25(31)28-11-14-30-12-3-4-13-30)24-10-8-18(33-24)16-20-19-5-1-2-6-23(19)29-26(20)32/h1-2,5-10,15-16H,3-4,11-14H2,(H,28,31)(H,29,32). The molecule has 1 fully saturated rings. The lowest BCUT2D eigenvalue weighted by Crippen LogP contribution is -2.33. The van der Waals surface area contributed by atoms with Crippen LogP contribution in [0.5, 0.6) is 0 Å². The van der Waals surface area contributed by atoms with Gasteiger partial charge < -0.3 is 20.0 Å². The van der Waals surface area contributed by atoms with Gasteiger partial charge in [0, 0.05) is 29.9 Å². The molecule has 2 amide bonds. The quantitative estimate of drug-likeness (QED) is 0.511. The number of rotatable bonds is 6. The van der Waals surface area contributed by atoms with Gasteiger partial charge in [-0.2, -0.15) is 0 Å². The highest BCUT2D eigenvalue weighted by molar-refractivity contribution is 6.35. The summed E-state index contributed by atoms with van der Waals surface area (Å²) in [6.45, 7) is 3.62. The molecule has 0 saturated carbocycles. The average Bonchev–Trinajstić information content (AvgIpc) is 3.56. The fourth-order valence-electron chi connectivity index (χ4n) is 4.29. The van der Waals surface area contributed by atoms with E-state index < -0.39 is 0 Å². The third-order valence-electron chi connectivity index (χ3n) is 6.03. The first-order valence-electron chi connectivity index (χ1n) is 11.1. The highest BCUT2D eigenvalue weighted by atomic mass is 35.5. The van der Waals surface area contributed by atoms with Crippen LogP contribution in [-0.4, -0.2) is 42.9 Å². The first-order chi connectivity index (χ1) is 16.1. The van der Waals surface area contributed by atoms with Crippen molar-refractivity contribution in [2.24, 2.45) is 0 Å². The van der Waals surface area contributed by atoms with Crippen molar-refractivity contribution in [1.82, 2.24) is 10.2 Å². The molecule has 0 radical (unpaired) electrons. The van der Waals surface area contributed by atoms with E-state index in [-0.39, 0.29) is 11.8 Å². The minimum Gasteiger partial charge on any atom is -0.457 e. The first kappa shape index (κ1) is 21.5. The number of furan rings is 1. The zero-order chi connectivity index (χ0) is 22.8. The van der Waals surface area contributed by atoms with Gasteiger partial charge in [-0.1, -0.05) is 29.8 Å². The van der Waals surface area contributed by atoms with E-state index in [0.29, 0.717) is 34.2 Å². The van der Waals surface area contributed by atoms with Gasteiger partial charge in [-0.25, -0.2) is 0 Å². The number of nitrogens with one attached hydrogen (secondary N) is 2. The number of likely N-dealkylation sites (tertiary alicyclic amines) is 1. The van der Waals surface area contributed by atoms with E-state index in [2.05, 4.69) is 15.5 Å². The molecule has 0 unspecified atom stereocenters. The summed E-state index contributed by atoms with van der Waals surface area (Å²) in [6, 6.07) is 16.4. The number of amides is 2. The normalized spacial score (nSPS) is 16.8. The molecule has 7 heteroatoms. The molecule has 3 heterocycles. The van der Waals surface area contributed by atoms with Crippen molar-refractivity contribution in [1.29, 1.82) is 0 Å². The molecule has 1 saturated heterocycles. The monoisotopic (exact) mass is 461 g/mol. The Hall–Kier alpha value is -3.35. The second-order valence-corrected chi connectivity index (χ2v) is 8.67. The van der Waals surface area contributed by atoms with E-state index in [1.807, 2.05) is 36.4 Å². The zero-order valence-corrected chi connectivity index (χ0v) is 18.8. The molecule has 5 rings (SSSR count). The predicted molar refractivity (Wildman–Crippen MR) is 130 cm³/mol. The average molecular weight is 462 g/mol.